The van der Waals surface area contributed by atoms with Crippen molar-refractivity contribution < 1.29 is 18.4 Å². The zero-order valence-electron chi connectivity index (χ0n) is 12.6. The molecule has 23 heavy (non-hydrogen) atoms. The summed E-state index contributed by atoms with van der Waals surface area (Å²) >= 11 is 1.01. The molecule has 0 spiro atoms. The molecule has 1 heterocycles. The van der Waals surface area contributed by atoms with Gasteiger partial charge in [0.15, 0.2) is 5.13 Å². The van der Waals surface area contributed by atoms with Crippen LogP contribution in [-0.2, 0) is 0 Å². The molecular formula is C15H15F2N3O2S. The Bertz CT molecular complexity index is 713. The van der Waals surface area contributed by atoms with Gasteiger partial charge in [-0.2, -0.15) is 0 Å². The number of nitrogens with one attached hydrogen (secondary N) is 1. The van der Waals surface area contributed by atoms with E-state index in [1.807, 2.05) is 6.92 Å². The molecule has 0 unspecified atom stereocenters. The van der Waals surface area contributed by atoms with Gasteiger partial charge in [0, 0.05) is 19.0 Å². The van der Waals surface area contributed by atoms with Gasteiger partial charge in [0.25, 0.3) is 11.8 Å². The number of carbonyl (C=O) groups excluding carboxylic acids is 2. The average Bonchev–Trinajstić information content (AvgIpc) is 2.95. The molecule has 0 saturated carbocycles. The number of amides is 2. The Morgan fingerprint density at radius 3 is 2.57 bits per heavy atom. The molecule has 1 N–H and O–H groups in total. The van der Waals surface area contributed by atoms with E-state index in [0.29, 0.717) is 6.54 Å². The van der Waals surface area contributed by atoms with Gasteiger partial charge in [-0.1, -0.05) is 13.0 Å². The third-order valence-corrected chi connectivity index (χ3v) is 3.80. The molecule has 1 aromatic heterocycles. The minimum atomic E-state index is -0.960. The molecule has 0 bridgehead atoms. The molecule has 2 rings (SSSR count). The minimum Gasteiger partial charge on any atom is -0.340 e. The smallest absolute Gasteiger partial charge is 0.273 e. The molecule has 0 atom stereocenters. The highest BCUT2D eigenvalue weighted by Gasteiger charge is 2.20. The quantitative estimate of drug-likeness (QED) is 0.910. The van der Waals surface area contributed by atoms with E-state index in [4.69, 9.17) is 0 Å². The van der Waals surface area contributed by atoms with Crippen LogP contribution in [0, 0.1) is 11.6 Å². The van der Waals surface area contributed by atoms with Gasteiger partial charge in [0.05, 0.1) is 0 Å². The lowest BCUT2D eigenvalue weighted by Crippen LogP contribution is -2.27. The van der Waals surface area contributed by atoms with Crippen molar-refractivity contribution in [3.05, 3.63) is 46.5 Å². The highest BCUT2D eigenvalue weighted by Crippen LogP contribution is 2.19. The van der Waals surface area contributed by atoms with Crippen LogP contribution in [0.3, 0.4) is 0 Å². The van der Waals surface area contributed by atoms with Crippen LogP contribution in [0.2, 0.25) is 0 Å². The number of hydrogen-bond donors (Lipinski definition) is 1. The first-order valence-corrected chi connectivity index (χ1v) is 7.78. The Balaban J connectivity index is 2.13. The second-order valence-corrected chi connectivity index (χ2v) is 5.67. The van der Waals surface area contributed by atoms with Crippen molar-refractivity contribution in [2.75, 3.05) is 18.9 Å². The number of rotatable bonds is 5. The van der Waals surface area contributed by atoms with Crippen molar-refractivity contribution in [2.45, 2.75) is 13.3 Å². The first-order valence-electron chi connectivity index (χ1n) is 6.90. The van der Waals surface area contributed by atoms with Gasteiger partial charge >= 0.3 is 0 Å². The van der Waals surface area contributed by atoms with Crippen molar-refractivity contribution in [2.24, 2.45) is 0 Å². The van der Waals surface area contributed by atoms with Crippen LogP contribution in [0.15, 0.2) is 23.6 Å². The van der Waals surface area contributed by atoms with Crippen LogP contribution in [0.4, 0.5) is 13.9 Å². The molecule has 0 aliphatic heterocycles. The van der Waals surface area contributed by atoms with Crippen LogP contribution < -0.4 is 5.32 Å². The van der Waals surface area contributed by atoms with Crippen LogP contribution in [-0.4, -0.2) is 35.3 Å². The van der Waals surface area contributed by atoms with Crippen molar-refractivity contribution >= 4 is 28.3 Å². The van der Waals surface area contributed by atoms with Gasteiger partial charge in [0.2, 0.25) is 0 Å². The molecular weight excluding hydrogens is 324 g/mol. The first-order chi connectivity index (χ1) is 10.9. The van der Waals surface area contributed by atoms with E-state index >= 15 is 0 Å². The van der Waals surface area contributed by atoms with E-state index in [0.717, 1.165) is 29.9 Å². The van der Waals surface area contributed by atoms with E-state index in [2.05, 4.69) is 10.3 Å². The van der Waals surface area contributed by atoms with Crippen molar-refractivity contribution in [1.82, 2.24) is 9.88 Å². The van der Waals surface area contributed by atoms with Gasteiger partial charge in [-0.25, -0.2) is 13.8 Å². The summed E-state index contributed by atoms with van der Waals surface area (Å²) in [6, 6.07) is 3.16. The fourth-order valence-electron chi connectivity index (χ4n) is 1.94. The van der Waals surface area contributed by atoms with Gasteiger partial charge in [-0.15, -0.1) is 11.3 Å². The fraction of sp³-hybridized carbons (Fsp3) is 0.267. The van der Waals surface area contributed by atoms with Gasteiger partial charge in [-0.3, -0.25) is 14.9 Å². The molecule has 0 saturated heterocycles. The zero-order chi connectivity index (χ0) is 17.0. The number of nitrogens with zero attached hydrogens (tertiary/aromatic N) is 2. The highest BCUT2D eigenvalue weighted by molar-refractivity contribution is 7.14. The van der Waals surface area contributed by atoms with E-state index in [-0.39, 0.29) is 16.7 Å². The predicted molar refractivity (Wildman–Crippen MR) is 83.7 cm³/mol. The lowest BCUT2D eigenvalue weighted by atomic mass is 10.2. The molecule has 8 heteroatoms. The summed E-state index contributed by atoms with van der Waals surface area (Å²) in [4.78, 5) is 29.5. The molecule has 1 aromatic carbocycles. The van der Waals surface area contributed by atoms with Crippen LogP contribution in [0.25, 0.3) is 0 Å². The summed E-state index contributed by atoms with van der Waals surface area (Å²) in [6.07, 6.45) is 0.808. The summed E-state index contributed by atoms with van der Waals surface area (Å²) < 4.78 is 27.1. The summed E-state index contributed by atoms with van der Waals surface area (Å²) in [6.45, 7) is 2.53. The van der Waals surface area contributed by atoms with Gasteiger partial charge in [0.1, 0.15) is 22.9 Å². The zero-order valence-corrected chi connectivity index (χ0v) is 13.4. The predicted octanol–water partition coefficient (Wildman–Crippen LogP) is 3.16. The Kier molecular flexibility index (Phi) is 5.38. The average molecular weight is 339 g/mol. The Hall–Kier alpha value is -2.35. The highest BCUT2D eigenvalue weighted by atomic mass is 32.1. The molecule has 122 valence electrons. The monoisotopic (exact) mass is 339 g/mol. The molecule has 5 nitrogen and oxygen atoms in total. The lowest BCUT2D eigenvalue weighted by molar-refractivity contribution is 0.0789. The minimum absolute atomic E-state index is 0.103. The number of aromatic nitrogens is 1. The Morgan fingerprint density at radius 1 is 1.30 bits per heavy atom. The molecule has 0 fully saturated rings. The van der Waals surface area contributed by atoms with E-state index in [1.54, 1.807) is 7.05 Å². The van der Waals surface area contributed by atoms with Gasteiger partial charge < -0.3 is 4.90 Å². The van der Waals surface area contributed by atoms with Crippen molar-refractivity contribution in [1.29, 1.82) is 0 Å². The molecule has 0 aliphatic carbocycles. The van der Waals surface area contributed by atoms with Crippen molar-refractivity contribution in [3.8, 4) is 0 Å². The first kappa shape index (κ1) is 17.0. The summed E-state index contributed by atoms with van der Waals surface area (Å²) in [5.74, 6) is -3.15. The summed E-state index contributed by atoms with van der Waals surface area (Å²) in [7, 11) is 1.65. The topological polar surface area (TPSA) is 62.3 Å². The van der Waals surface area contributed by atoms with Crippen LogP contribution >= 0.6 is 11.3 Å². The number of hydrogen-bond acceptors (Lipinski definition) is 4. The van der Waals surface area contributed by atoms with E-state index in [1.165, 1.54) is 16.3 Å². The third kappa shape index (κ3) is 3.89. The number of thiazole rings is 1. The number of halogens is 2. The maximum absolute atomic E-state index is 13.5. The van der Waals surface area contributed by atoms with E-state index < -0.39 is 23.1 Å². The second-order valence-electron chi connectivity index (χ2n) is 4.82. The Morgan fingerprint density at radius 2 is 1.96 bits per heavy atom. The maximum Gasteiger partial charge on any atom is 0.273 e. The third-order valence-electron chi connectivity index (χ3n) is 3.04. The van der Waals surface area contributed by atoms with Crippen LogP contribution in [0.1, 0.15) is 34.2 Å². The molecule has 2 amide bonds. The van der Waals surface area contributed by atoms with Gasteiger partial charge in [-0.05, 0) is 18.6 Å². The maximum atomic E-state index is 13.5. The normalized spacial score (nSPS) is 10.4. The standard InChI is InChI=1S/C15H15F2N3O2S/c1-3-7-20(2)14(22)11-8-23-15(18-11)19-13(21)12-9(16)5-4-6-10(12)17/h4-6,8H,3,7H2,1-2H3,(H,18,19,21). The lowest BCUT2D eigenvalue weighted by Gasteiger charge is -2.13. The summed E-state index contributed by atoms with van der Waals surface area (Å²) in [5, 5.41) is 3.89. The van der Waals surface area contributed by atoms with E-state index in [9.17, 15) is 18.4 Å². The number of carbonyl (C=O) groups is 2. The molecule has 0 aliphatic rings. The van der Waals surface area contributed by atoms with Crippen molar-refractivity contribution in [3.63, 3.8) is 0 Å². The van der Waals surface area contributed by atoms with Crippen LogP contribution in [0.5, 0.6) is 0 Å². The molecule has 2 aromatic rings. The second kappa shape index (κ2) is 7.28. The fourth-order valence-corrected chi connectivity index (χ4v) is 2.62. The summed E-state index contributed by atoms with van der Waals surface area (Å²) in [5.41, 5.74) is -0.506. The Labute approximate surface area is 136 Å². The largest absolute Gasteiger partial charge is 0.340 e. The number of anilines is 1. The SMILES string of the molecule is CCCN(C)C(=O)c1csc(NC(=O)c2c(F)cccc2F)n1. The molecule has 0 radical (unpaired) electrons. The number of benzene rings is 1.